The second-order valence-electron chi connectivity index (χ2n) is 9.18. The van der Waals surface area contributed by atoms with Gasteiger partial charge in [0.15, 0.2) is 0 Å². The molecule has 0 saturated carbocycles. The molecule has 2 aliphatic rings. The van der Waals surface area contributed by atoms with Gasteiger partial charge in [-0.25, -0.2) is 4.79 Å². The van der Waals surface area contributed by atoms with Crippen LogP contribution < -0.4 is 0 Å². The van der Waals surface area contributed by atoms with E-state index in [2.05, 4.69) is 45.0 Å². The Morgan fingerprint density at radius 3 is 2.22 bits per heavy atom. The van der Waals surface area contributed by atoms with Gasteiger partial charge >= 0.3 is 12.0 Å². The van der Waals surface area contributed by atoms with Crippen LogP contribution in [0.15, 0.2) is 24.3 Å². The minimum absolute atomic E-state index is 0.157. The molecule has 2 aromatic carbocycles. The highest BCUT2D eigenvalue weighted by Gasteiger charge is 2.30. The van der Waals surface area contributed by atoms with Gasteiger partial charge in [-0.3, -0.25) is 4.79 Å². The maximum Gasteiger partial charge on any atom is 0.320 e. The molecule has 1 saturated heterocycles. The molecule has 5 heteroatoms. The summed E-state index contributed by atoms with van der Waals surface area (Å²) >= 11 is 0. The summed E-state index contributed by atoms with van der Waals surface area (Å²) < 4.78 is 5.03. The van der Waals surface area contributed by atoms with Crippen LogP contribution in [0.1, 0.15) is 52.6 Å². The number of aryl methyl sites for hydroxylation is 1. The van der Waals surface area contributed by atoms with Crippen molar-refractivity contribution in [2.45, 2.75) is 59.4 Å². The van der Waals surface area contributed by atoms with Crippen molar-refractivity contribution in [2.24, 2.45) is 0 Å². The van der Waals surface area contributed by atoms with E-state index in [4.69, 9.17) is 4.74 Å². The lowest BCUT2D eigenvalue weighted by molar-refractivity contribution is -0.139. The molecule has 4 rings (SSSR count). The summed E-state index contributed by atoms with van der Waals surface area (Å²) in [4.78, 5) is 29.5. The fourth-order valence-corrected chi connectivity index (χ4v) is 5.27. The summed E-state index contributed by atoms with van der Waals surface area (Å²) in [5.41, 5.74) is 9.36. The molecule has 5 nitrogen and oxygen atoms in total. The van der Waals surface area contributed by atoms with E-state index in [1.165, 1.54) is 35.8 Å². The highest BCUT2D eigenvalue weighted by atomic mass is 16.5. The molecule has 2 aromatic rings. The summed E-state index contributed by atoms with van der Waals surface area (Å²) in [7, 11) is 1.44. The van der Waals surface area contributed by atoms with Crippen LogP contribution in [-0.2, 0) is 28.9 Å². The number of methoxy groups -OCH3 is 1. The summed E-state index contributed by atoms with van der Waals surface area (Å²) in [5.74, 6) is -0.238. The van der Waals surface area contributed by atoms with Crippen molar-refractivity contribution in [2.75, 3.05) is 26.7 Å². The van der Waals surface area contributed by atoms with Crippen LogP contribution in [0.3, 0.4) is 0 Å². The lowest BCUT2D eigenvalue weighted by Crippen LogP contribution is -2.47. The quantitative estimate of drug-likeness (QED) is 0.642. The van der Waals surface area contributed by atoms with Crippen LogP contribution in [0.5, 0.6) is 0 Å². The Labute approximate surface area is 191 Å². The first-order chi connectivity index (χ1) is 15.4. The highest BCUT2D eigenvalue weighted by molar-refractivity contribution is 5.83. The van der Waals surface area contributed by atoms with Crippen LogP contribution in [0, 0.1) is 20.8 Å². The Morgan fingerprint density at radius 2 is 1.56 bits per heavy atom. The molecular weight excluding hydrogens is 400 g/mol. The first-order valence-corrected chi connectivity index (χ1v) is 11.7. The summed E-state index contributed by atoms with van der Waals surface area (Å²) in [6, 6.07) is 8.66. The van der Waals surface area contributed by atoms with Gasteiger partial charge in [0.2, 0.25) is 0 Å². The highest BCUT2D eigenvalue weighted by Crippen LogP contribution is 2.38. The number of likely N-dealkylation sites (tertiary alicyclic amines) is 1. The number of hydrogen-bond donors (Lipinski definition) is 0. The Kier molecular flexibility index (Phi) is 6.54. The molecule has 2 aliphatic heterocycles. The largest absolute Gasteiger partial charge is 0.469 e. The van der Waals surface area contributed by atoms with Gasteiger partial charge in [-0.15, -0.1) is 0 Å². The van der Waals surface area contributed by atoms with E-state index in [1.54, 1.807) is 0 Å². The first-order valence-electron chi connectivity index (χ1n) is 11.7. The van der Waals surface area contributed by atoms with Crippen LogP contribution in [0.4, 0.5) is 4.79 Å². The molecule has 2 amide bonds. The number of nitrogens with zero attached hydrogens (tertiary/aromatic N) is 2. The van der Waals surface area contributed by atoms with Gasteiger partial charge in [0.1, 0.15) is 0 Å². The molecule has 0 unspecified atom stereocenters. The molecule has 0 aliphatic carbocycles. The average Bonchev–Trinajstić information content (AvgIpc) is 2.83. The summed E-state index contributed by atoms with van der Waals surface area (Å²) in [6.07, 6.45) is 4.48. The molecular formula is C27H34N2O3. The molecule has 0 atom stereocenters. The van der Waals surface area contributed by atoms with E-state index in [9.17, 15) is 9.59 Å². The zero-order valence-corrected chi connectivity index (χ0v) is 19.8. The van der Waals surface area contributed by atoms with Gasteiger partial charge in [0.05, 0.1) is 13.5 Å². The third kappa shape index (κ3) is 4.25. The maximum absolute atomic E-state index is 13.2. The zero-order chi connectivity index (χ0) is 22.8. The van der Waals surface area contributed by atoms with Crippen molar-refractivity contribution in [3.8, 4) is 11.1 Å². The fourth-order valence-electron chi connectivity index (χ4n) is 5.27. The van der Waals surface area contributed by atoms with Crippen LogP contribution in [-0.4, -0.2) is 48.5 Å². The number of carbonyl (C=O) groups excluding carboxylic acids is 2. The van der Waals surface area contributed by atoms with Gasteiger partial charge in [0.25, 0.3) is 0 Å². The van der Waals surface area contributed by atoms with Crippen molar-refractivity contribution in [3.63, 3.8) is 0 Å². The molecule has 0 aromatic heterocycles. The number of rotatable bonds is 3. The SMILES string of the molecule is COC(=O)Cc1c(C)c2c(c(C)c1-c1ccc(C)cc1)CCN(C(=O)N1CCCCC1)C2. The maximum atomic E-state index is 13.2. The van der Waals surface area contributed by atoms with Crippen molar-refractivity contribution in [1.29, 1.82) is 0 Å². The van der Waals surface area contributed by atoms with Crippen molar-refractivity contribution < 1.29 is 14.3 Å². The number of amides is 2. The predicted octanol–water partition coefficient (Wildman–Crippen LogP) is 4.96. The number of hydrogen-bond acceptors (Lipinski definition) is 3. The van der Waals surface area contributed by atoms with Crippen LogP contribution in [0.25, 0.3) is 11.1 Å². The topological polar surface area (TPSA) is 49.9 Å². The van der Waals surface area contributed by atoms with Gasteiger partial charge in [-0.2, -0.15) is 0 Å². The Morgan fingerprint density at radius 1 is 0.875 bits per heavy atom. The van der Waals surface area contributed by atoms with Crippen LogP contribution >= 0.6 is 0 Å². The van der Waals surface area contributed by atoms with E-state index >= 15 is 0 Å². The zero-order valence-electron chi connectivity index (χ0n) is 19.8. The minimum atomic E-state index is -0.238. The standard InChI is InChI=1S/C27H34N2O3/c1-18-8-10-21(11-9-18)26-20(3)22-12-15-29(27(31)28-13-6-5-7-14-28)17-24(22)19(2)23(26)16-25(30)32-4/h8-11H,5-7,12-17H2,1-4H3. The Bertz CT molecular complexity index is 1020. The first kappa shape index (κ1) is 22.4. The second-order valence-corrected chi connectivity index (χ2v) is 9.18. The van der Waals surface area contributed by atoms with Gasteiger partial charge in [0, 0.05) is 26.2 Å². The van der Waals surface area contributed by atoms with E-state index in [0.717, 1.165) is 61.2 Å². The number of esters is 1. The van der Waals surface area contributed by atoms with Crippen LogP contribution in [0.2, 0.25) is 0 Å². The van der Waals surface area contributed by atoms with Crippen molar-refractivity contribution in [3.05, 3.63) is 57.6 Å². The molecule has 2 heterocycles. The smallest absolute Gasteiger partial charge is 0.320 e. The van der Waals surface area contributed by atoms with Gasteiger partial charge in [-0.1, -0.05) is 29.8 Å². The molecule has 1 fully saturated rings. The van der Waals surface area contributed by atoms with Crippen molar-refractivity contribution in [1.82, 2.24) is 9.80 Å². The molecule has 0 radical (unpaired) electrons. The Hall–Kier alpha value is -2.82. The number of carbonyl (C=O) groups is 2. The average molecular weight is 435 g/mol. The third-order valence-corrected chi connectivity index (χ3v) is 7.17. The molecule has 0 N–H and O–H groups in total. The predicted molar refractivity (Wildman–Crippen MR) is 127 cm³/mol. The van der Waals surface area contributed by atoms with E-state index in [-0.39, 0.29) is 18.4 Å². The minimum Gasteiger partial charge on any atom is -0.469 e. The summed E-state index contributed by atoms with van der Waals surface area (Å²) in [6.45, 7) is 9.42. The van der Waals surface area contributed by atoms with E-state index in [0.29, 0.717) is 6.54 Å². The number of fused-ring (bicyclic) bond motifs is 1. The Balaban J connectivity index is 1.76. The van der Waals surface area contributed by atoms with Gasteiger partial charge in [-0.05, 0) is 85.4 Å². The number of urea groups is 1. The number of benzene rings is 2. The summed E-state index contributed by atoms with van der Waals surface area (Å²) in [5, 5.41) is 0. The lowest BCUT2D eigenvalue weighted by Gasteiger charge is -2.37. The third-order valence-electron chi connectivity index (χ3n) is 7.17. The molecule has 0 spiro atoms. The number of ether oxygens (including phenoxy) is 1. The van der Waals surface area contributed by atoms with E-state index < -0.39 is 0 Å². The molecule has 170 valence electrons. The fraction of sp³-hybridized carbons (Fsp3) is 0.481. The van der Waals surface area contributed by atoms with E-state index in [1.807, 2.05) is 9.80 Å². The van der Waals surface area contributed by atoms with Gasteiger partial charge < -0.3 is 14.5 Å². The lowest BCUT2D eigenvalue weighted by atomic mass is 9.81. The number of piperidine rings is 1. The second kappa shape index (κ2) is 9.35. The molecule has 32 heavy (non-hydrogen) atoms. The normalized spacial score (nSPS) is 16.0. The molecule has 0 bridgehead atoms. The van der Waals surface area contributed by atoms with Crippen molar-refractivity contribution >= 4 is 12.0 Å². The monoisotopic (exact) mass is 434 g/mol.